The molecular weight excluding hydrogens is 216 g/mol. The Labute approximate surface area is 100 Å². The molecule has 1 atom stereocenters. The molecule has 1 heterocycles. The molecule has 0 spiro atoms. The first-order valence-electron chi connectivity index (χ1n) is 5.44. The van der Waals surface area contributed by atoms with Gasteiger partial charge < -0.3 is 9.84 Å². The average molecular weight is 232 g/mol. The van der Waals surface area contributed by atoms with Gasteiger partial charge in [0, 0.05) is 7.05 Å². The van der Waals surface area contributed by atoms with Gasteiger partial charge in [0.15, 0.2) is 5.75 Å². The van der Waals surface area contributed by atoms with Gasteiger partial charge >= 0.3 is 0 Å². The number of aryl methyl sites for hydroxylation is 2. The van der Waals surface area contributed by atoms with E-state index >= 15 is 0 Å². The summed E-state index contributed by atoms with van der Waals surface area (Å²) in [5.74, 6) is 0.600. The van der Waals surface area contributed by atoms with Gasteiger partial charge in [0.2, 0.25) is 0 Å². The van der Waals surface area contributed by atoms with E-state index in [0.717, 1.165) is 11.1 Å². The van der Waals surface area contributed by atoms with Crippen LogP contribution in [0.4, 0.5) is 0 Å². The molecule has 0 radical (unpaired) electrons. The fourth-order valence-corrected chi connectivity index (χ4v) is 1.94. The van der Waals surface area contributed by atoms with Crippen molar-refractivity contribution in [2.45, 2.75) is 13.0 Å². The van der Waals surface area contributed by atoms with Crippen LogP contribution in [-0.4, -0.2) is 22.0 Å². The van der Waals surface area contributed by atoms with Crippen molar-refractivity contribution >= 4 is 0 Å². The third-order valence-corrected chi connectivity index (χ3v) is 2.91. The molecular formula is C13H16N2O2. The van der Waals surface area contributed by atoms with Crippen molar-refractivity contribution in [1.82, 2.24) is 9.78 Å². The van der Waals surface area contributed by atoms with Gasteiger partial charge in [-0.3, -0.25) is 4.68 Å². The number of hydrogen-bond donors (Lipinski definition) is 1. The highest BCUT2D eigenvalue weighted by Crippen LogP contribution is 2.30. The van der Waals surface area contributed by atoms with Crippen LogP contribution >= 0.6 is 0 Å². The molecule has 2 aromatic rings. The number of aromatic nitrogens is 2. The van der Waals surface area contributed by atoms with Gasteiger partial charge in [0.1, 0.15) is 11.8 Å². The Morgan fingerprint density at radius 2 is 2.06 bits per heavy atom. The fourth-order valence-electron chi connectivity index (χ4n) is 1.94. The molecule has 0 saturated carbocycles. The molecule has 1 aromatic heterocycles. The van der Waals surface area contributed by atoms with Crippen LogP contribution in [0.2, 0.25) is 0 Å². The first-order chi connectivity index (χ1) is 8.15. The van der Waals surface area contributed by atoms with Crippen LogP contribution in [0.15, 0.2) is 30.5 Å². The lowest BCUT2D eigenvalue weighted by Crippen LogP contribution is -2.09. The topological polar surface area (TPSA) is 47.3 Å². The van der Waals surface area contributed by atoms with Crippen LogP contribution in [0, 0.1) is 6.92 Å². The zero-order valence-electron chi connectivity index (χ0n) is 10.2. The number of ether oxygens (including phenoxy) is 1. The van der Waals surface area contributed by atoms with Crippen molar-refractivity contribution in [3.05, 3.63) is 47.3 Å². The number of nitrogens with zero attached hydrogens (tertiary/aromatic N) is 2. The van der Waals surface area contributed by atoms with Crippen molar-refractivity contribution in [1.29, 1.82) is 0 Å². The summed E-state index contributed by atoms with van der Waals surface area (Å²) in [6.45, 7) is 1.97. The smallest absolute Gasteiger partial charge is 0.162 e. The molecule has 0 aliphatic heterocycles. The highest BCUT2D eigenvalue weighted by molar-refractivity contribution is 5.38. The summed E-state index contributed by atoms with van der Waals surface area (Å²) in [4.78, 5) is 0. The van der Waals surface area contributed by atoms with Crippen molar-refractivity contribution in [2.75, 3.05) is 7.11 Å². The minimum absolute atomic E-state index is 0.600. The van der Waals surface area contributed by atoms with E-state index in [1.54, 1.807) is 25.0 Å². The third-order valence-electron chi connectivity index (χ3n) is 2.91. The normalized spacial score (nSPS) is 12.5. The van der Waals surface area contributed by atoms with Crippen LogP contribution < -0.4 is 4.74 Å². The second kappa shape index (κ2) is 4.59. The molecule has 1 unspecified atom stereocenters. The summed E-state index contributed by atoms with van der Waals surface area (Å²) < 4.78 is 6.84. The standard InChI is InChI=1S/C13H16N2O2/c1-9-6-4-5-7-10(9)13(16)12-11(17-3)8-14-15(12)2/h4-8,13,16H,1-3H3. The Hall–Kier alpha value is -1.81. The third kappa shape index (κ3) is 2.03. The predicted molar refractivity (Wildman–Crippen MR) is 65.0 cm³/mol. The summed E-state index contributed by atoms with van der Waals surface area (Å²) in [7, 11) is 3.37. The largest absolute Gasteiger partial charge is 0.493 e. The average Bonchev–Trinajstić information content (AvgIpc) is 2.70. The first-order valence-corrected chi connectivity index (χ1v) is 5.44. The van der Waals surface area contributed by atoms with E-state index in [2.05, 4.69) is 5.10 Å². The van der Waals surface area contributed by atoms with E-state index in [0.29, 0.717) is 11.4 Å². The molecule has 0 bridgehead atoms. The monoisotopic (exact) mass is 232 g/mol. The maximum absolute atomic E-state index is 10.4. The Morgan fingerprint density at radius 1 is 1.35 bits per heavy atom. The molecule has 0 fully saturated rings. The van der Waals surface area contributed by atoms with E-state index < -0.39 is 6.10 Å². The van der Waals surface area contributed by atoms with Crippen molar-refractivity contribution in [3.8, 4) is 5.75 Å². The second-order valence-electron chi connectivity index (χ2n) is 3.98. The molecule has 4 nitrogen and oxygen atoms in total. The van der Waals surface area contributed by atoms with E-state index in [1.165, 1.54) is 0 Å². The molecule has 0 aliphatic rings. The first kappa shape index (κ1) is 11.7. The van der Waals surface area contributed by atoms with Crippen molar-refractivity contribution < 1.29 is 9.84 Å². The molecule has 1 N–H and O–H groups in total. The van der Waals surface area contributed by atoms with Gasteiger partial charge in [-0.25, -0.2) is 0 Å². The lowest BCUT2D eigenvalue weighted by Gasteiger charge is -2.15. The van der Waals surface area contributed by atoms with E-state index in [9.17, 15) is 5.11 Å². The number of benzene rings is 1. The number of aliphatic hydroxyl groups excluding tert-OH is 1. The number of hydrogen-bond acceptors (Lipinski definition) is 3. The van der Waals surface area contributed by atoms with Crippen LogP contribution in [0.3, 0.4) is 0 Å². The highest BCUT2D eigenvalue weighted by Gasteiger charge is 2.21. The Kier molecular flexibility index (Phi) is 3.15. The number of rotatable bonds is 3. The van der Waals surface area contributed by atoms with E-state index in [4.69, 9.17) is 4.74 Å². The van der Waals surface area contributed by atoms with Gasteiger partial charge in [0.25, 0.3) is 0 Å². The summed E-state index contributed by atoms with van der Waals surface area (Å²) in [5.41, 5.74) is 2.58. The van der Waals surface area contributed by atoms with Crippen LogP contribution in [0.5, 0.6) is 5.75 Å². The predicted octanol–water partition coefficient (Wildman–Crippen LogP) is 1.82. The summed E-state index contributed by atoms with van der Waals surface area (Å²) in [5, 5.41) is 14.5. The van der Waals surface area contributed by atoms with Gasteiger partial charge in [0.05, 0.1) is 13.3 Å². The summed E-state index contributed by atoms with van der Waals surface area (Å²) >= 11 is 0. The molecule has 4 heteroatoms. The van der Waals surface area contributed by atoms with E-state index in [1.807, 2.05) is 31.2 Å². The van der Waals surface area contributed by atoms with E-state index in [-0.39, 0.29) is 0 Å². The molecule has 90 valence electrons. The van der Waals surface area contributed by atoms with Gasteiger partial charge in [-0.15, -0.1) is 0 Å². The zero-order valence-corrected chi connectivity index (χ0v) is 10.2. The van der Waals surface area contributed by atoms with Gasteiger partial charge in [-0.2, -0.15) is 5.10 Å². The number of methoxy groups -OCH3 is 1. The quantitative estimate of drug-likeness (QED) is 0.878. The molecule has 2 rings (SSSR count). The maximum Gasteiger partial charge on any atom is 0.162 e. The summed E-state index contributed by atoms with van der Waals surface area (Å²) in [6.07, 6.45) is 0.884. The van der Waals surface area contributed by atoms with Crippen molar-refractivity contribution in [3.63, 3.8) is 0 Å². The van der Waals surface area contributed by atoms with Crippen molar-refractivity contribution in [2.24, 2.45) is 7.05 Å². The molecule has 1 aromatic carbocycles. The lowest BCUT2D eigenvalue weighted by atomic mass is 10.0. The van der Waals surface area contributed by atoms with Crippen LogP contribution in [0.25, 0.3) is 0 Å². The van der Waals surface area contributed by atoms with Gasteiger partial charge in [-0.1, -0.05) is 24.3 Å². The maximum atomic E-state index is 10.4. The fraction of sp³-hybridized carbons (Fsp3) is 0.308. The number of aliphatic hydroxyl groups is 1. The summed E-state index contributed by atoms with van der Waals surface area (Å²) in [6, 6.07) is 7.74. The van der Waals surface area contributed by atoms with Crippen LogP contribution in [-0.2, 0) is 7.05 Å². The Bertz CT molecular complexity index is 520. The molecule has 0 saturated heterocycles. The van der Waals surface area contributed by atoms with Gasteiger partial charge in [-0.05, 0) is 18.1 Å². The second-order valence-corrected chi connectivity index (χ2v) is 3.98. The molecule has 0 aliphatic carbocycles. The highest BCUT2D eigenvalue weighted by atomic mass is 16.5. The van der Waals surface area contributed by atoms with Crippen LogP contribution in [0.1, 0.15) is 22.9 Å². The zero-order chi connectivity index (χ0) is 12.4. The lowest BCUT2D eigenvalue weighted by molar-refractivity contribution is 0.203. The SMILES string of the molecule is COc1cnn(C)c1C(O)c1ccccc1C. The Balaban J connectivity index is 2.47. The minimum Gasteiger partial charge on any atom is -0.493 e. The molecule has 0 amide bonds. The Morgan fingerprint density at radius 3 is 2.71 bits per heavy atom. The minimum atomic E-state index is -0.723. The molecule has 17 heavy (non-hydrogen) atoms.